The van der Waals surface area contributed by atoms with Crippen molar-refractivity contribution < 1.29 is 73.7 Å². The number of pyridine rings is 3. The molecule has 1 saturated heterocycles. The summed E-state index contributed by atoms with van der Waals surface area (Å²) in [4.78, 5) is 34.9. The molecule has 0 aliphatic carbocycles. The van der Waals surface area contributed by atoms with Crippen molar-refractivity contribution in [2.24, 2.45) is 0 Å². The van der Waals surface area contributed by atoms with Gasteiger partial charge in [0, 0.05) is 75.0 Å². The number of benzene rings is 5. The Kier molecular flexibility index (Phi) is 24.4. The Labute approximate surface area is 559 Å². The molecule has 8 aromatic rings. The van der Waals surface area contributed by atoms with Gasteiger partial charge in [-0.3, -0.25) is 9.59 Å². The molecule has 90 heavy (non-hydrogen) atoms. The lowest BCUT2D eigenvalue weighted by Gasteiger charge is -2.32. The molecule has 4 aliphatic rings. The van der Waals surface area contributed by atoms with Gasteiger partial charge in [0.25, 0.3) is 11.1 Å². The summed E-state index contributed by atoms with van der Waals surface area (Å²) in [6.45, 7) is 8.10. The fourth-order valence-electron chi connectivity index (χ4n) is 7.51. The second-order valence-corrected chi connectivity index (χ2v) is 23.1. The predicted molar refractivity (Wildman–Crippen MR) is 340 cm³/mol. The maximum atomic E-state index is 13.2. The van der Waals surface area contributed by atoms with Gasteiger partial charge in [-0.1, -0.05) is 95.8 Å². The molecule has 0 bridgehead atoms. The number of ether oxygens (including phenoxy) is 6. The maximum absolute atomic E-state index is 13.2. The molecule has 7 heterocycles. The molecule has 0 atom stereocenters. The lowest BCUT2D eigenvalue weighted by molar-refractivity contribution is -0.287. The minimum Gasteiger partial charge on any atom is -0.399 e. The number of hydrogen-bond donors (Lipinski definition) is 3. The van der Waals surface area contributed by atoms with Crippen LogP contribution in [0.4, 0.5) is 43.8 Å². The van der Waals surface area contributed by atoms with Gasteiger partial charge in [0.15, 0.2) is 34.5 Å². The number of halogens is 15. The summed E-state index contributed by atoms with van der Waals surface area (Å²) in [7, 11) is -0.363. The van der Waals surface area contributed by atoms with Gasteiger partial charge in [-0.05, 0) is 122 Å². The van der Waals surface area contributed by atoms with Gasteiger partial charge in [-0.15, -0.1) is 49.5 Å². The van der Waals surface area contributed by atoms with Gasteiger partial charge in [0.05, 0.1) is 52.8 Å². The fourth-order valence-corrected chi connectivity index (χ4v) is 9.17. The van der Waals surface area contributed by atoms with Crippen molar-refractivity contribution in [2.45, 2.75) is 65.2 Å². The molecular formula is C58H46BBrCl8F6N6O10. The number of amides is 1. The summed E-state index contributed by atoms with van der Waals surface area (Å²) in [5.74, 6) is 0.220. The molecule has 3 aromatic heterocycles. The number of nitrogens with two attached hydrogens (primary N) is 2. The molecule has 4 aliphatic heterocycles. The summed E-state index contributed by atoms with van der Waals surface area (Å²) in [5.41, 5.74) is 14.1. The van der Waals surface area contributed by atoms with E-state index < -0.39 is 30.0 Å². The summed E-state index contributed by atoms with van der Waals surface area (Å²) >= 11 is 47.3. The van der Waals surface area contributed by atoms with Gasteiger partial charge >= 0.3 is 26.0 Å². The number of carbonyl (C=O) groups excluding carboxylic acids is 2. The molecule has 5 N–H and O–H groups in total. The van der Waals surface area contributed by atoms with Crippen molar-refractivity contribution in [3.63, 3.8) is 0 Å². The molecule has 0 radical (unpaired) electrons. The zero-order chi connectivity index (χ0) is 65.4. The predicted octanol–water partition coefficient (Wildman–Crippen LogP) is 18.1. The first-order valence-electron chi connectivity index (χ1n) is 25.0. The second-order valence-electron chi connectivity index (χ2n) is 19.1. The maximum Gasteiger partial charge on any atom is 0.586 e. The van der Waals surface area contributed by atoms with Crippen molar-refractivity contribution in [3.8, 4) is 56.8 Å². The first-order valence-corrected chi connectivity index (χ1v) is 29.1. The highest BCUT2D eigenvalue weighted by molar-refractivity contribution is 9.10. The van der Waals surface area contributed by atoms with Crippen LogP contribution < -0.4 is 50.7 Å². The first kappa shape index (κ1) is 72.5. The number of alkyl halides is 8. The summed E-state index contributed by atoms with van der Waals surface area (Å²) < 4.78 is 115. The minimum atomic E-state index is -3.73. The molecule has 0 saturated carbocycles. The highest BCUT2D eigenvalue weighted by atomic mass is 79.9. The summed E-state index contributed by atoms with van der Waals surface area (Å²) in [6, 6.07) is 31.2. The summed E-state index contributed by atoms with van der Waals surface area (Å²) in [5, 5.41) is 3.75. The summed E-state index contributed by atoms with van der Waals surface area (Å²) in [6.07, 6.45) is -6.34. The van der Waals surface area contributed by atoms with Crippen LogP contribution in [0, 0.1) is 0 Å². The van der Waals surface area contributed by atoms with E-state index in [0.29, 0.717) is 64.6 Å². The normalized spacial score (nSPS) is 15.4. The number of rotatable bonds is 6. The van der Waals surface area contributed by atoms with E-state index in [9.17, 15) is 35.9 Å². The molecule has 0 unspecified atom stereocenters. The van der Waals surface area contributed by atoms with Gasteiger partial charge in [-0.25, -0.2) is 15.0 Å². The van der Waals surface area contributed by atoms with Crippen molar-refractivity contribution in [1.29, 1.82) is 0 Å². The van der Waals surface area contributed by atoms with Crippen molar-refractivity contribution in [2.75, 3.05) is 22.1 Å². The van der Waals surface area contributed by atoms with Gasteiger partial charge < -0.3 is 54.5 Å². The Bertz CT molecular complexity index is 3810. The zero-order valence-corrected chi connectivity index (χ0v) is 53.4. The van der Waals surface area contributed by atoms with E-state index in [-0.39, 0.29) is 81.4 Å². The third-order valence-electron chi connectivity index (χ3n) is 12.4. The van der Waals surface area contributed by atoms with Crippen LogP contribution in [0.25, 0.3) is 22.3 Å². The van der Waals surface area contributed by atoms with Crippen molar-refractivity contribution in [3.05, 3.63) is 181 Å². The molecule has 0 spiro atoms. The number of hydrogen-bond acceptors (Lipinski definition) is 15. The Morgan fingerprint density at radius 2 is 0.900 bits per heavy atom. The van der Waals surface area contributed by atoms with Gasteiger partial charge in [-0.2, -0.15) is 0 Å². The van der Waals surface area contributed by atoms with Crippen LogP contribution >= 0.6 is 109 Å². The molecule has 16 nitrogen and oxygen atoms in total. The first-order chi connectivity index (χ1) is 41.7. The molecule has 1 fully saturated rings. The van der Waals surface area contributed by atoms with Gasteiger partial charge in [0.2, 0.25) is 0 Å². The second kappa shape index (κ2) is 30.3. The average molecular weight is 1480 g/mol. The SMILES string of the molecule is C.CC1(C)OB(c2ccc(N)nc2)OC1(C)C.ClCCl.FC1(F)Oc2cc(Cl)c(Br)cc2O1.Nc1ccc(-c2cc3c(cc2Cl)OC(F)(F)O3)cn1.O=C(Cl)c1ccccc1Cl.O=C(Nc1ccc(-c2cc3c(cc2Cl)OC(F)(F)O3)cn1)c1ccccc1Cl. The Morgan fingerprint density at radius 3 is 1.28 bits per heavy atom. The molecule has 5 aromatic carbocycles. The number of aromatic nitrogens is 3. The van der Waals surface area contributed by atoms with E-state index in [1.54, 1.807) is 85.1 Å². The van der Waals surface area contributed by atoms with Gasteiger partial charge in [0.1, 0.15) is 17.5 Å². The molecular weight excluding hydrogens is 1430 g/mol. The van der Waals surface area contributed by atoms with E-state index in [2.05, 4.69) is 64.6 Å². The standard InChI is InChI=1S/C19H10Cl2F2N2O3.C12H7ClF2N2O2.C11H17BN2O2.C7H2BrClF2O2.C7H4Cl2O.CH2Cl2.CH4/c20-13-4-2-1-3-11(13)18(26)25-17-6-5-10(9-24-17)12-7-15-16(8-14(12)21)28-19(22,23)27-15;13-8-4-10-9(18-12(14,15)19-10)3-7(8)6-1-2-11(16)17-5-6;1-10(2)11(3,4)16-12(15-10)8-5-6-9(13)14-7-8;8-3-1-5-6(2-4(3)9)13-7(10,11)12-5;8-6-4-2-1-3-5(6)7(9)10;2-1-3;/h1-9H,(H,24,25,26);1-5H,(H2,16,17);5-7H,1-4H3,(H2,13,14);1-2H;1-4H;1H2;1H4. The number of nitrogens with one attached hydrogen (secondary N) is 1. The zero-order valence-electron chi connectivity index (χ0n) is 45.8. The topological polar surface area (TPSA) is 211 Å². The monoisotopic (exact) mass is 1470 g/mol. The molecule has 1 amide bonds. The largest absolute Gasteiger partial charge is 0.586 e. The van der Waals surface area contributed by atoms with Crippen LogP contribution in [-0.2, 0) is 9.31 Å². The van der Waals surface area contributed by atoms with Crippen LogP contribution in [0.15, 0.2) is 144 Å². The van der Waals surface area contributed by atoms with Crippen molar-refractivity contribution in [1.82, 2.24) is 15.0 Å². The van der Waals surface area contributed by atoms with Crippen molar-refractivity contribution >= 4 is 150 Å². The number of carbonyl (C=O) groups is 2. The van der Waals surface area contributed by atoms with E-state index in [1.807, 2.05) is 33.8 Å². The smallest absolute Gasteiger partial charge is 0.399 e. The van der Waals surface area contributed by atoms with E-state index in [0.717, 1.165) is 5.46 Å². The Balaban J connectivity index is 0.000000184. The molecule has 12 rings (SSSR count). The van der Waals surface area contributed by atoms with E-state index in [1.165, 1.54) is 48.8 Å². The third-order valence-corrected chi connectivity index (χ3v) is 15.1. The Morgan fingerprint density at radius 1 is 0.522 bits per heavy atom. The van der Waals surface area contributed by atoms with E-state index >= 15 is 0 Å². The number of nitrogens with zero attached hydrogens (tertiary/aromatic N) is 3. The lowest BCUT2D eigenvalue weighted by atomic mass is 9.80. The highest BCUT2D eigenvalue weighted by Gasteiger charge is 2.52. The number of nitrogen functional groups attached to an aromatic ring is 2. The average Bonchev–Trinajstić information content (AvgIpc) is 1.63. The number of fused-ring (bicyclic) bond motifs is 3. The highest BCUT2D eigenvalue weighted by Crippen LogP contribution is 2.48. The molecule has 32 heteroatoms. The van der Waals surface area contributed by atoms with Crippen LogP contribution in [0.2, 0.25) is 25.1 Å². The Hall–Kier alpha value is -6.55. The van der Waals surface area contributed by atoms with Crippen LogP contribution in [0.1, 0.15) is 55.8 Å². The fraction of sp³-hybridized carbons (Fsp3) is 0.190. The quantitative estimate of drug-likeness (QED) is 0.0612. The minimum absolute atomic E-state index is 0. The lowest BCUT2D eigenvalue weighted by Crippen LogP contribution is -2.41. The van der Waals surface area contributed by atoms with Crippen LogP contribution in [0.3, 0.4) is 0 Å². The third kappa shape index (κ3) is 19.0. The molecule has 476 valence electrons. The number of anilines is 3. The van der Waals surface area contributed by atoms with E-state index in [4.69, 9.17) is 114 Å². The van der Waals surface area contributed by atoms with Crippen LogP contribution in [-0.4, -0.2) is 68.6 Å². The van der Waals surface area contributed by atoms with Crippen LogP contribution in [0.5, 0.6) is 34.5 Å².